The SMILES string of the molecule is CC(=O)c1c(C)cc(C)cc1F. The summed E-state index contributed by atoms with van der Waals surface area (Å²) in [6.45, 7) is 4.92. The lowest BCUT2D eigenvalue weighted by molar-refractivity contribution is 0.101. The molecule has 0 atom stereocenters. The molecule has 0 aliphatic heterocycles. The van der Waals surface area contributed by atoms with Gasteiger partial charge in [-0.1, -0.05) is 6.07 Å². The van der Waals surface area contributed by atoms with E-state index in [1.807, 2.05) is 0 Å². The summed E-state index contributed by atoms with van der Waals surface area (Å²) in [4.78, 5) is 11.0. The molecule has 0 saturated heterocycles. The smallest absolute Gasteiger partial charge is 0.163 e. The topological polar surface area (TPSA) is 17.1 Å². The summed E-state index contributed by atoms with van der Waals surface area (Å²) in [6.07, 6.45) is 0. The molecule has 0 heterocycles. The third-order valence-electron chi connectivity index (χ3n) is 1.78. The molecule has 1 rings (SSSR count). The van der Waals surface area contributed by atoms with E-state index in [1.165, 1.54) is 13.0 Å². The van der Waals surface area contributed by atoms with E-state index in [2.05, 4.69) is 0 Å². The Morgan fingerprint density at radius 3 is 2.33 bits per heavy atom. The van der Waals surface area contributed by atoms with Gasteiger partial charge in [-0.25, -0.2) is 4.39 Å². The van der Waals surface area contributed by atoms with Crippen molar-refractivity contribution in [3.8, 4) is 0 Å². The fourth-order valence-corrected chi connectivity index (χ4v) is 1.36. The summed E-state index contributed by atoms with van der Waals surface area (Å²) in [6, 6.07) is 3.18. The molecule has 0 bridgehead atoms. The minimum absolute atomic E-state index is 0.209. The molecule has 1 aromatic carbocycles. The summed E-state index contributed by atoms with van der Waals surface area (Å²) in [5.74, 6) is -0.634. The van der Waals surface area contributed by atoms with Crippen LogP contribution in [0.4, 0.5) is 4.39 Å². The average molecular weight is 166 g/mol. The van der Waals surface area contributed by atoms with Gasteiger partial charge in [0.25, 0.3) is 0 Å². The first-order valence-electron chi connectivity index (χ1n) is 3.80. The minimum Gasteiger partial charge on any atom is -0.294 e. The van der Waals surface area contributed by atoms with Crippen LogP contribution in [0.25, 0.3) is 0 Å². The van der Waals surface area contributed by atoms with Crippen molar-refractivity contribution in [2.75, 3.05) is 0 Å². The first kappa shape index (κ1) is 8.91. The number of carbonyl (C=O) groups is 1. The molecule has 0 amide bonds. The largest absolute Gasteiger partial charge is 0.294 e. The number of benzene rings is 1. The van der Waals surface area contributed by atoms with E-state index in [-0.39, 0.29) is 11.3 Å². The molecule has 0 N–H and O–H groups in total. The molecule has 64 valence electrons. The van der Waals surface area contributed by atoms with Crippen molar-refractivity contribution in [2.45, 2.75) is 20.8 Å². The van der Waals surface area contributed by atoms with Gasteiger partial charge in [-0.15, -0.1) is 0 Å². The van der Waals surface area contributed by atoms with Crippen LogP contribution in [0.2, 0.25) is 0 Å². The van der Waals surface area contributed by atoms with Crippen molar-refractivity contribution in [1.29, 1.82) is 0 Å². The molecule has 1 aromatic rings. The van der Waals surface area contributed by atoms with E-state index in [0.29, 0.717) is 5.56 Å². The molecule has 0 spiro atoms. The third-order valence-corrected chi connectivity index (χ3v) is 1.78. The van der Waals surface area contributed by atoms with Gasteiger partial charge in [0.1, 0.15) is 5.82 Å². The lowest BCUT2D eigenvalue weighted by Crippen LogP contribution is -2.01. The fraction of sp³-hybridized carbons (Fsp3) is 0.300. The van der Waals surface area contributed by atoms with Crippen molar-refractivity contribution in [3.63, 3.8) is 0 Å². The summed E-state index contributed by atoms with van der Waals surface area (Å²) < 4.78 is 13.1. The standard InChI is InChI=1S/C10H11FO/c1-6-4-7(2)10(8(3)12)9(11)5-6/h4-5H,1-3H3. The Morgan fingerprint density at radius 1 is 1.33 bits per heavy atom. The number of halogens is 1. The highest BCUT2D eigenvalue weighted by atomic mass is 19.1. The Balaban J connectivity index is 3.38. The van der Waals surface area contributed by atoms with Crippen molar-refractivity contribution in [2.24, 2.45) is 0 Å². The predicted molar refractivity (Wildman–Crippen MR) is 45.9 cm³/mol. The van der Waals surface area contributed by atoms with E-state index in [9.17, 15) is 9.18 Å². The molecule has 12 heavy (non-hydrogen) atoms. The van der Waals surface area contributed by atoms with Crippen molar-refractivity contribution >= 4 is 5.78 Å². The summed E-state index contributed by atoms with van der Waals surface area (Å²) in [5, 5.41) is 0. The number of carbonyl (C=O) groups excluding carboxylic acids is 1. The zero-order chi connectivity index (χ0) is 9.30. The zero-order valence-corrected chi connectivity index (χ0v) is 7.44. The molecule has 1 nitrogen and oxygen atoms in total. The number of hydrogen-bond donors (Lipinski definition) is 0. The summed E-state index contributed by atoms with van der Waals surface area (Å²) in [7, 11) is 0. The van der Waals surface area contributed by atoms with Crippen LogP contribution in [-0.2, 0) is 0 Å². The number of Topliss-reactive ketones (excluding diaryl/α,β-unsaturated/α-hetero) is 1. The Morgan fingerprint density at radius 2 is 1.92 bits per heavy atom. The highest BCUT2D eigenvalue weighted by Gasteiger charge is 2.10. The van der Waals surface area contributed by atoms with Gasteiger partial charge in [-0.3, -0.25) is 4.79 Å². The van der Waals surface area contributed by atoms with Crippen LogP contribution in [0, 0.1) is 19.7 Å². The van der Waals surface area contributed by atoms with Gasteiger partial charge in [0, 0.05) is 0 Å². The van der Waals surface area contributed by atoms with Crippen LogP contribution in [0.15, 0.2) is 12.1 Å². The van der Waals surface area contributed by atoms with E-state index in [4.69, 9.17) is 0 Å². The number of hydrogen-bond acceptors (Lipinski definition) is 1. The molecule has 0 saturated carbocycles. The highest BCUT2D eigenvalue weighted by Crippen LogP contribution is 2.15. The maximum atomic E-state index is 13.1. The maximum Gasteiger partial charge on any atom is 0.163 e. The second kappa shape index (κ2) is 3.05. The Hall–Kier alpha value is -1.18. The van der Waals surface area contributed by atoms with E-state index in [0.717, 1.165) is 5.56 Å². The molecule has 0 fully saturated rings. The third kappa shape index (κ3) is 1.52. The first-order chi connectivity index (χ1) is 5.52. The molecule has 0 aliphatic carbocycles. The Labute approximate surface area is 71.2 Å². The van der Waals surface area contributed by atoms with Gasteiger partial charge in [0.15, 0.2) is 5.78 Å². The molecular weight excluding hydrogens is 155 g/mol. The zero-order valence-electron chi connectivity index (χ0n) is 7.44. The lowest BCUT2D eigenvalue weighted by Gasteiger charge is -2.04. The second-order valence-corrected chi connectivity index (χ2v) is 2.99. The maximum absolute atomic E-state index is 13.1. The molecule has 0 radical (unpaired) electrons. The average Bonchev–Trinajstić information content (AvgIpc) is 1.82. The summed E-state index contributed by atoms with van der Waals surface area (Å²) in [5.41, 5.74) is 1.76. The van der Waals surface area contributed by atoms with Crippen molar-refractivity contribution < 1.29 is 9.18 Å². The molecule has 0 aliphatic rings. The lowest BCUT2D eigenvalue weighted by atomic mass is 10.0. The number of aryl methyl sites for hydroxylation is 2. The van der Waals surface area contributed by atoms with E-state index < -0.39 is 5.82 Å². The minimum atomic E-state index is -0.417. The number of rotatable bonds is 1. The monoisotopic (exact) mass is 166 g/mol. The van der Waals surface area contributed by atoms with Gasteiger partial charge in [0.2, 0.25) is 0 Å². The van der Waals surface area contributed by atoms with Crippen molar-refractivity contribution in [3.05, 3.63) is 34.6 Å². The molecule has 0 aromatic heterocycles. The predicted octanol–water partition coefficient (Wildman–Crippen LogP) is 2.65. The van der Waals surface area contributed by atoms with Gasteiger partial charge in [-0.2, -0.15) is 0 Å². The Bertz CT molecular complexity index is 306. The van der Waals surface area contributed by atoms with E-state index >= 15 is 0 Å². The molecule has 2 heteroatoms. The van der Waals surface area contributed by atoms with Crippen LogP contribution >= 0.6 is 0 Å². The van der Waals surface area contributed by atoms with Crippen LogP contribution in [0.3, 0.4) is 0 Å². The highest BCUT2D eigenvalue weighted by molar-refractivity contribution is 5.95. The Kier molecular flexibility index (Phi) is 2.27. The second-order valence-electron chi connectivity index (χ2n) is 2.99. The van der Waals surface area contributed by atoms with E-state index in [1.54, 1.807) is 19.9 Å². The fourth-order valence-electron chi connectivity index (χ4n) is 1.36. The normalized spacial score (nSPS) is 10.0. The van der Waals surface area contributed by atoms with Crippen LogP contribution in [0.5, 0.6) is 0 Å². The van der Waals surface area contributed by atoms with Gasteiger partial charge in [0.05, 0.1) is 5.56 Å². The van der Waals surface area contributed by atoms with Gasteiger partial charge < -0.3 is 0 Å². The summed E-state index contributed by atoms with van der Waals surface area (Å²) >= 11 is 0. The molecule has 0 unspecified atom stereocenters. The number of ketones is 1. The first-order valence-corrected chi connectivity index (χ1v) is 3.80. The quantitative estimate of drug-likeness (QED) is 0.586. The van der Waals surface area contributed by atoms with Crippen molar-refractivity contribution in [1.82, 2.24) is 0 Å². The van der Waals surface area contributed by atoms with Crippen LogP contribution in [0.1, 0.15) is 28.4 Å². The van der Waals surface area contributed by atoms with Gasteiger partial charge in [-0.05, 0) is 38.0 Å². The van der Waals surface area contributed by atoms with Gasteiger partial charge >= 0.3 is 0 Å². The molecular formula is C10H11FO. The van der Waals surface area contributed by atoms with Crippen LogP contribution in [-0.4, -0.2) is 5.78 Å². The van der Waals surface area contributed by atoms with Crippen LogP contribution < -0.4 is 0 Å².